The summed E-state index contributed by atoms with van der Waals surface area (Å²) in [4.78, 5) is 73.0. The molecule has 0 radical (unpaired) electrons. The van der Waals surface area contributed by atoms with Crippen molar-refractivity contribution in [1.82, 2.24) is 0 Å². The molecule has 0 bridgehead atoms. The SMILES string of the molecule is CCC(C)CCCCCCCCCCCCCCCCC(=O)OC[C@H](COP(=O)(O)OC[C@@H](O)COP(=O)(O)OC[C@@H](COC(=O)CCCCCCCCC(C)CC)OC(=O)CCCCCCCCCCCCCCCCC(C)C)OC(=O)CCCCCCCCCCCCC(C)CC. The van der Waals surface area contributed by atoms with Crippen LogP contribution in [0.15, 0.2) is 0 Å². The molecule has 0 spiro atoms. The van der Waals surface area contributed by atoms with Crippen molar-refractivity contribution < 1.29 is 80.2 Å². The van der Waals surface area contributed by atoms with Crippen LogP contribution in [0, 0.1) is 23.7 Å². The molecule has 0 saturated carbocycles. The molecule has 0 saturated heterocycles. The molecule has 19 heteroatoms. The molecule has 588 valence electrons. The number of hydrogen-bond donors (Lipinski definition) is 3. The summed E-state index contributed by atoms with van der Waals surface area (Å²) < 4.78 is 68.7. The molecular formula is C80H156O17P2. The van der Waals surface area contributed by atoms with E-state index in [1.165, 1.54) is 205 Å². The molecule has 0 aromatic heterocycles. The standard InChI is InChI=1S/C80H156O17P2/c1-9-71(6)57-49-41-33-27-21-17-13-15-18-22-29-35-44-52-60-77(82)90-66-75(96-80(85)63-55-47-37-31-25-24-28-34-42-50-58-72(7)10-2)68-94-98(86,87)92-64-74(81)65-93-99(88,89)95-69-76(67-91-78(83)61-53-45-39-38-43-51-59-73(8)11-3)97-79(84)62-54-46-36-30-23-19-14-12-16-20-26-32-40-48-56-70(4)5/h70-76,81H,9-69H2,1-8H3,(H,86,87)(H,88,89)/t71?,72?,73?,74-,75-,76-/m1/s1. The van der Waals surface area contributed by atoms with Gasteiger partial charge in [-0.2, -0.15) is 0 Å². The second-order valence-corrected chi connectivity index (χ2v) is 32.9. The predicted octanol–water partition coefficient (Wildman–Crippen LogP) is 23.6. The smallest absolute Gasteiger partial charge is 0.462 e. The van der Waals surface area contributed by atoms with Gasteiger partial charge >= 0.3 is 39.5 Å². The van der Waals surface area contributed by atoms with Gasteiger partial charge in [0.1, 0.15) is 19.3 Å². The van der Waals surface area contributed by atoms with E-state index in [0.29, 0.717) is 25.7 Å². The third-order valence-electron chi connectivity index (χ3n) is 19.7. The van der Waals surface area contributed by atoms with E-state index >= 15 is 0 Å². The maximum atomic E-state index is 13.1. The van der Waals surface area contributed by atoms with Crippen molar-refractivity contribution in [3.8, 4) is 0 Å². The maximum Gasteiger partial charge on any atom is 0.472 e. The summed E-state index contributed by atoms with van der Waals surface area (Å²) in [5, 5.41) is 10.6. The van der Waals surface area contributed by atoms with E-state index in [0.717, 1.165) is 120 Å². The van der Waals surface area contributed by atoms with Gasteiger partial charge in [0, 0.05) is 25.7 Å². The number of aliphatic hydroxyl groups is 1. The number of hydrogen-bond acceptors (Lipinski definition) is 15. The number of esters is 4. The first kappa shape index (κ1) is 97.1. The number of unbranched alkanes of at least 4 members (excludes halogenated alkanes) is 40. The molecular weight excluding hydrogens is 1290 g/mol. The Morgan fingerprint density at radius 3 is 0.717 bits per heavy atom. The average molecular weight is 1450 g/mol. The molecule has 0 aliphatic carbocycles. The minimum atomic E-state index is -4.96. The minimum absolute atomic E-state index is 0.106. The molecule has 0 aromatic rings. The van der Waals surface area contributed by atoms with Crippen molar-refractivity contribution in [3.05, 3.63) is 0 Å². The van der Waals surface area contributed by atoms with Gasteiger partial charge in [-0.3, -0.25) is 37.3 Å². The third kappa shape index (κ3) is 70.2. The summed E-state index contributed by atoms with van der Waals surface area (Å²) in [6.07, 6.45) is 55.3. The van der Waals surface area contributed by atoms with Gasteiger partial charge in [0.05, 0.1) is 26.4 Å². The van der Waals surface area contributed by atoms with Crippen LogP contribution in [0.2, 0.25) is 0 Å². The molecule has 99 heavy (non-hydrogen) atoms. The van der Waals surface area contributed by atoms with Crippen LogP contribution in [-0.2, 0) is 65.4 Å². The van der Waals surface area contributed by atoms with E-state index in [4.69, 9.17) is 37.0 Å². The number of ether oxygens (including phenoxy) is 4. The lowest BCUT2D eigenvalue weighted by Crippen LogP contribution is -2.30. The normalized spacial score (nSPS) is 14.9. The Bertz CT molecular complexity index is 1940. The number of carbonyl (C=O) groups excluding carboxylic acids is 4. The number of carbonyl (C=O) groups is 4. The maximum absolute atomic E-state index is 13.1. The summed E-state index contributed by atoms with van der Waals surface area (Å²) in [5.74, 6) is 1.06. The summed E-state index contributed by atoms with van der Waals surface area (Å²) >= 11 is 0. The molecule has 17 nitrogen and oxygen atoms in total. The fourth-order valence-electron chi connectivity index (χ4n) is 12.2. The Morgan fingerprint density at radius 2 is 0.485 bits per heavy atom. The quantitative estimate of drug-likeness (QED) is 0.0222. The predicted molar refractivity (Wildman–Crippen MR) is 404 cm³/mol. The van der Waals surface area contributed by atoms with E-state index in [2.05, 4.69) is 55.4 Å². The second kappa shape index (κ2) is 69.1. The van der Waals surface area contributed by atoms with Crippen LogP contribution in [0.25, 0.3) is 0 Å². The van der Waals surface area contributed by atoms with Crippen LogP contribution in [0.4, 0.5) is 0 Å². The van der Waals surface area contributed by atoms with Gasteiger partial charge in [-0.05, 0) is 49.4 Å². The van der Waals surface area contributed by atoms with E-state index in [1.54, 1.807) is 0 Å². The number of phosphoric ester groups is 2. The highest BCUT2D eigenvalue weighted by molar-refractivity contribution is 7.47. The number of phosphoric acid groups is 2. The first-order chi connectivity index (χ1) is 47.7. The highest BCUT2D eigenvalue weighted by Crippen LogP contribution is 2.45. The monoisotopic (exact) mass is 1450 g/mol. The molecule has 0 heterocycles. The van der Waals surface area contributed by atoms with Crippen LogP contribution in [0.5, 0.6) is 0 Å². The zero-order valence-electron chi connectivity index (χ0n) is 65.1. The van der Waals surface area contributed by atoms with Gasteiger partial charge in [0.2, 0.25) is 0 Å². The van der Waals surface area contributed by atoms with Gasteiger partial charge < -0.3 is 33.8 Å². The molecule has 0 fully saturated rings. The van der Waals surface area contributed by atoms with Crippen LogP contribution in [-0.4, -0.2) is 96.7 Å². The van der Waals surface area contributed by atoms with E-state index < -0.39 is 97.5 Å². The molecule has 0 aromatic carbocycles. The molecule has 8 atom stereocenters. The van der Waals surface area contributed by atoms with Gasteiger partial charge in [-0.15, -0.1) is 0 Å². The first-order valence-electron chi connectivity index (χ1n) is 41.3. The molecule has 0 aliphatic rings. The summed E-state index contributed by atoms with van der Waals surface area (Å²) in [5.41, 5.74) is 0. The fourth-order valence-corrected chi connectivity index (χ4v) is 13.7. The lowest BCUT2D eigenvalue weighted by Gasteiger charge is -2.21. The zero-order valence-corrected chi connectivity index (χ0v) is 66.9. The topological polar surface area (TPSA) is 237 Å². The largest absolute Gasteiger partial charge is 0.472 e. The lowest BCUT2D eigenvalue weighted by atomic mass is 9.99. The van der Waals surface area contributed by atoms with Crippen LogP contribution in [0.3, 0.4) is 0 Å². The lowest BCUT2D eigenvalue weighted by molar-refractivity contribution is -0.161. The van der Waals surface area contributed by atoms with Crippen molar-refractivity contribution in [3.63, 3.8) is 0 Å². The van der Waals surface area contributed by atoms with Crippen molar-refractivity contribution in [2.75, 3.05) is 39.6 Å². The molecule has 3 N–H and O–H groups in total. The van der Waals surface area contributed by atoms with Crippen molar-refractivity contribution >= 4 is 39.5 Å². The Balaban J connectivity index is 5.24. The summed E-state index contributed by atoms with van der Waals surface area (Å²) in [6, 6.07) is 0. The van der Waals surface area contributed by atoms with E-state index in [9.17, 15) is 43.2 Å². The molecule has 5 unspecified atom stereocenters. The zero-order chi connectivity index (χ0) is 73.1. The Kier molecular flexibility index (Phi) is 67.8. The third-order valence-corrected chi connectivity index (χ3v) is 21.6. The van der Waals surface area contributed by atoms with Gasteiger partial charge in [-0.25, -0.2) is 9.13 Å². The Hall–Kier alpha value is -1.94. The summed E-state index contributed by atoms with van der Waals surface area (Å²) in [7, 11) is -9.92. The van der Waals surface area contributed by atoms with Gasteiger partial charge in [-0.1, -0.05) is 357 Å². The van der Waals surface area contributed by atoms with Crippen molar-refractivity contribution in [2.24, 2.45) is 23.7 Å². The van der Waals surface area contributed by atoms with Gasteiger partial charge in [0.15, 0.2) is 12.2 Å². The van der Waals surface area contributed by atoms with Crippen molar-refractivity contribution in [2.45, 2.75) is 427 Å². The molecule has 0 amide bonds. The second-order valence-electron chi connectivity index (χ2n) is 30.0. The van der Waals surface area contributed by atoms with Crippen LogP contribution in [0.1, 0.15) is 409 Å². The van der Waals surface area contributed by atoms with Crippen LogP contribution < -0.4 is 0 Å². The molecule has 0 rings (SSSR count). The minimum Gasteiger partial charge on any atom is -0.462 e. The number of aliphatic hydroxyl groups excluding tert-OH is 1. The number of rotatable bonds is 77. The van der Waals surface area contributed by atoms with E-state index in [-0.39, 0.29) is 25.7 Å². The van der Waals surface area contributed by atoms with Crippen LogP contribution >= 0.6 is 15.6 Å². The van der Waals surface area contributed by atoms with Crippen molar-refractivity contribution in [1.29, 1.82) is 0 Å². The first-order valence-corrected chi connectivity index (χ1v) is 44.3. The highest BCUT2D eigenvalue weighted by Gasteiger charge is 2.30. The Labute approximate surface area is 607 Å². The Morgan fingerprint density at radius 1 is 0.283 bits per heavy atom. The fraction of sp³-hybridized carbons (Fsp3) is 0.950. The molecule has 0 aliphatic heterocycles. The average Bonchev–Trinajstić information content (AvgIpc) is 1.24. The summed E-state index contributed by atoms with van der Waals surface area (Å²) in [6.45, 7) is 14.3. The van der Waals surface area contributed by atoms with E-state index in [1.807, 2.05) is 0 Å². The van der Waals surface area contributed by atoms with Gasteiger partial charge in [0.25, 0.3) is 0 Å². The highest BCUT2D eigenvalue weighted by atomic mass is 31.2.